The predicted molar refractivity (Wildman–Crippen MR) is 60.1 cm³/mol. The fourth-order valence-electron chi connectivity index (χ4n) is 2.95. The zero-order valence-corrected chi connectivity index (χ0v) is 8.50. The lowest BCUT2D eigenvalue weighted by Crippen LogP contribution is -1.96. The number of hydrogen-bond acceptors (Lipinski definition) is 0. The van der Waals surface area contributed by atoms with Crippen LogP contribution in [0.3, 0.4) is 0 Å². The molecule has 0 fully saturated rings. The van der Waals surface area contributed by atoms with Gasteiger partial charge in [0.2, 0.25) is 0 Å². The molecule has 1 atom stereocenters. The van der Waals surface area contributed by atoms with Gasteiger partial charge in [0.05, 0.1) is 0 Å². The molecule has 2 aliphatic rings. The second kappa shape index (κ2) is 3.27. The molecule has 0 amide bonds. The molecule has 2 aliphatic carbocycles. The van der Waals surface area contributed by atoms with Crippen LogP contribution in [-0.4, -0.2) is 0 Å². The molecule has 1 unspecified atom stereocenters. The summed E-state index contributed by atoms with van der Waals surface area (Å²) in [4.78, 5) is 0. The highest BCUT2D eigenvalue weighted by atomic mass is 14.3. The topological polar surface area (TPSA) is 0 Å². The molecular formula is C14H16. The van der Waals surface area contributed by atoms with Crippen molar-refractivity contribution in [3.05, 3.63) is 41.5 Å². The SMILES string of the molecule is C1=C2c3ccccc3CCCC2CC1. The molecule has 0 spiro atoms. The van der Waals surface area contributed by atoms with Gasteiger partial charge in [0.25, 0.3) is 0 Å². The zero-order valence-electron chi connectivity index (χ0n) is 8.50. The zero-order chi connectivity index (χ0) is 9.38. The minimum Gasteiger partial charge on any atom is -0.0804 e. The van der Waals surface area contributed by atoms with E-state index in [1.807, 2.05) is 0 Å². The van der Waals surface area contributed by atoms with E-state index in [9.17, 15) is 0 Å². The lowest BCUT2D eigenvalue weighted by atomic mass is 9.93. The highest BCUT2D eigenvalue weighted by molar-refractivity contribution is 5.72. The van der Waals surface area contributed by atoms with Gasteiger partial charge in [-0.2, -0.15) is 0 Å². The molecule has 1 aromatic carbocycles. The Kier molecular flexibility index (Phi) is 1.93. The monoisotopic (exact) mass is 184 g/mol. The van der Waals surface area contributed by atoms with Gasteiger partial charge in [-0.1, -0.05) is 30.3 Å². The average Bonchev–Trinajstić information content (AvgIpc) is 2.61. The summed E-state index contributed by atoms with van der Waals surface area (Å²) < 4.78 is 0. The van der Waals surface area contributed by atoms with E-state index in [1.54, 1.807) is 16.7 Å². The standard InChI is InChI=1S/C14H16/c1-2-9-13-11(5-1)6-3-7-12-8-4-10-14(12)13/h1-2,5,9-10,12H,3-4,6-8H2. The summed E-state index contributed by atoms with van der Waals surface area (Å²) >= 11 is 0. The van der Waals surface area contributed by atoms with Gasteiger partial charge in [-0.3, -0.25) is 0 Å². The smallest absolute Gasteiger partial charge is 0.0156 e. The van der Waals surface area contributed by atoms with E-state index in [2.05, 4.69) is 30.3 Å². The van der Waals surface area contributed by atoms with Crippen LogP contribution in [0.1, 0.15) is 36.8 Å². The van der Waals surface area contributed by atoms with E-state index in [1.165, 1.54) is 32.1 Å². The van der Waals surface area contributed by atoms with Crippen molar-refractivity contribution in [2.75, 3.05) is 0 Å². The summed E-state index contributed by atoms with van der Waals surface area (Å²) in [6.07, 6.45) is 9.22. The summed E-state index contributed by atoms with van der Waals surface area (Å²) in [6.45, 7) is 0. The first kappa shape index (κ1) is 8.28. The van der Waals surface area contributed by atoms with Gasteiger partial charge in [0.1, 0.15) is 0 Å². The third kappa shape index (κ3) is 1.21. The molecule has 72 valence electrons. The van der Waals surface area contributed by atoms with Crippen molar-refractivity contribution in [2.45, 2.75) is 32.1 Å². The van der Waals surface area contributed by atoms with E-state index < -0.39 is 0 Å². The van der Waals surface area contributed by atoms with Crippen molar-refractivity contribution < 1.29 is 0 Å². The maximum absolute atomic E-state index is 2.47. The van der Waals surface area contributed by atoms with Gasteiger partial charge >= 0.3 is 0 Å². The maximum Gasteiger partial charge on any atom is -0.0156 e. The summed E-state index contributed by atoms with van der Waals surface area (Å²) in [5, 5.41) is 0. The van der Waals surface area contributed by atoms with Crippen LogP contribution < -0.4 is 0 Å². The van der Waals surface area contributed by atoms with Crippen molar-refractivity contribution in [1.29, 1.82) is 0 Å². The van der Waals surface area contributed by atoms with E-state index in [-0.39, 0.29) is 0 Å². The summed E-state index contributed by atoms with van der Waals surface area (Å²) in [5.74, 6) is 0.874. The number of benzene rings is 1. The van der Waals surface area contributed by atoms with Crippen LogP contribution in [0.5, 0.6) is 0 Å². The second-order valence-corrected chi connectivity index (χ2v) is 4.48. The van der Waals surface area contributed by atoms with E-state index in [0.717, 1.165) is 5.92 Å². The Morgan fingerprint density at radius 1 is 1.07 bits per heavy atom. The molecule has 0 bridgehead atoms. The lowest BCUT2D eigenvalue weighted by molar-refractivity contribution is 0.571. The van der Waals surface area contributed by atoms with Crippen LogP contribution in [0.2, 0.25) is 0 Å². The highest BCUT2D eigenvalue weighted by Crippen LogP contribution is 2.40. The van der Waals surface area contributed by atoms with Gasteiger partial charge in [0.15, 0.2) is 0 Å². The minimum absolute atomic E-state index is 0.874. The number of allylic oxidation sites excluding steroid dienone is 2. The largest absolute Gasteiger partial charge is 0.0804 e. The number of aryl methyl sites for hydroxylation is 1. The third-order valence-corrected chi connectivity index (χ3v) is 3.65. The van der Waals surface area contributed by atoms with E-state index in [0.29, 0.717) is 0 Å². The Bertz CT molecular complexity index is 373. The van der Waals surface area contributed by atoms with Crippen molar-refractivity contribution in [2.24, 2.45) is 5.92 Å². The quantitative estimate of drug-likeness (QED) is 0.575. The number of rotatable bonds is 0. The van der Waals surface area contributed by atoms with Crippen molar-refractivity contribution >= 4 is 5.57 Å². The van der Waals surface area contributed by atoms with Crippen LogP contribution in [-0.2, 0) is 6.42 Å². The molecule has 0 radical (unpaired) electrons. The van der Waals surface area contributed by atoms with Gasteiger partial charge in [-0.05, 0) is 54.7 Å². The summed E-state index contributed by atoms with van der Waals surface area (Å²) in [5.41, 5.74) is 4.77. The lowest BCUT2D eigenvalue weighted by Gasteiger charge is -2.12. The van der Waals surface area contributed by atoms with Gasteiger partial charge < -0.3 is 0 Å². The van der Waals surface area contributed by atoms with Gasteiger partial charge in [-0.15, -0.1) is 0 Å². The van der Waals surface area contributed by atoms with Crippen LogP contribution in [0.15, 0.2) is 30.3 Å². The molecule has 0 saturated carbocycles. The van der Waals surface area contributed by atoms with E-state index in [4.69, 9.17) is 0 Å². The average molecular weight is 184 g/mol. The Hall–Kier alpha value is -1.04. The predicted octanol–water partition coefficient (Wildman–Crippen LogP) is 3.82. The van der Waals surface area contributed by atoms with Gasteiger partial charge in [-0.25, -0.2) is 0 Å². The molecule has 0 heterocycles. The molecule has 14 heavy (non-hydrogen) atoms. The maximum atomic E-state index is 2.47. The van der Waals surface area contributed by atoms with Crippen molar-refractivity contribution in [3.63, 3.8) is 0 Å². The molecule has 1 aromatic rings. The van der Waals surface area contributed by atoms with Crippen LogP contribution in [0.25, 0.3) is 5.57 Å². The van der Waals surface area contributed by atoms with Crippen LogP contribution >= 0.6 is 0 Å². The highest BCUT2D eigenvalue weighted by Gasteiger charge is 2.24. The van der Waals surface area contributed by atoms with Gasteiger partial charge in [0, 0.05) is 0 Å². The first-order chi connectivity index (χ1) is 6.95. The van der Waals surface area contributed by atoms with Crippen molar-refractivity contribution in [1.82, 2.24) is 0 Å². The molecule has 0 saturated heterocycles. The Morgan fingerprint density at radius 2 is 2.00 bits per heavy atom. The first-order valence-corrected chi connectivity index (χ1v) is 5.73. The molecule has 0 N–H and O–H groups in total. The van der Waals surface area contributed by atoms with E-state index >= 15 is 0 Å². The Labute approximate surface area is 85.6 Å². The fraction of sp³-hybridized carbons (Fsp3) is 0.429. The second-order valence-electron chi connectivity index (χ2n) is 4.48. The van der Waals surface area contributed by atoms with Crippen LogP contribution in [0.4, 0.5) is 0 Å². The Morgan fingerprint density at radius 3 is 3.00 bits per heavy atom. The van der Waals surface area contributed by atoms with Crippen molar-refractivity contribution in [3.8, 4) is 0 Å². The summed E-state index contributed by atoms with van der Waals surface area (Å²) in [7, 11) is 0. The molecule has 3 rings (SSSR count). The third-order valence-electron chi connectivity index (χ3n) is 3.65. The molecular weight excluding hydrogens is 168 g/mol. The summed E-state index contributed by atoms with van der Waals surface area (Å²) in [6, 6.07) is 8.97. The molecule has 0 aliphatic heterocycles. The normalized spacial score (nSPS) is 24.9. The molecule has 0 nitrogen and oxygen atoms in total. The number of fused-ring (bicyclic) bond motifs is 3. The Balaban J connectivity index is 2.13. The van der Waals surface area contributed by atoms with Crippen LogP contribution in [0, 0.1) is 5.92 Å². The fourth-order valence-corrected chi connectivity index (χ4v) is 2.95. The molecule has 0 heteroatoms. The molecule has 0 aromatic heterocycles. The first-order valence-electron chi connectivity index (χ1n) is 5.73. The number of hydrogen-bond donors (Lipinski definition) is 0. The minimum atomic E-state index is 0.874.